The lowest BCUT2D eigenvalue weighted by Gasteiger charge is -2.35. The van der Waals surface area contributed by atoms with Crippen LogP contribution in [0.1, 0.15) is 51.5 Å². The van der Waals surface area contributed by atoms with Gasteiger partial charge in [0.15, 0.2) is 11.0 Å². The number of thioether (sulfide) groups is 1. The van der Waals surface area contributed by atoms with E-state index < -0.39 is 0 Å². The van der Waals surface area contributed by atoms with Crippen LogP contribution in [-0.2, 0) is 11.8 Å². The maximum Gasteiger partial charge on any atom is 0.236 e. The number of carbonyl (C=O) groups is 1. The van der Waals surface area contributed by atoms with Crippen LogP contribution >= 0.6 is 11.8 Å². The number of nitrogens with zero attached hydrogens (tertiary/aromatic N) is 4. The summed E-state index contributed by atoms with van der Waals surface area (Å²) in [6, 6.07) is 8.68. The highest BCUT2D eigenvalue weighted by Gasteiger charge is 2.29. The van der Waals surface area contributed by atoms with E-state index >= 15 is 0 Å². The largest absolute Gasteiger partial charge is 0.339 e. The van der Waals surface area contributed by atoms with Gasteiger partial charge >= 0.3 is 0 Å². The molecule has 0 radical (unpaired) electrons. The van der Waals surface area contributed by atoms with Gasteiger partial charge in [-0.25, -0.2) is 0 Å². The lowest BCUT2D eigenvalue weighted by molar-refractivity contribution is -0.133. The number of aromatic nitrogens is 3. The average Bonchev–Trinajstić information content (AvgIpc) is 3.04. The summed E-state index contributed by atoms with van der Waals surface area (Å²) in [6.07, 6.45) is 6.04. The molecule has 146 valence electrons. The molecule has 3 rings (SSSR count). The maximum absolute atomic E-state index is 13.1. The zero-order valence-corrected chi connectivity index (χ0v) is 17.6. The molecule has 0 saturated heterocycles. The van der Waals surface area contributed by atoms with Crippen molar-refractivity contribution in [3.8, 4) is 11.4 Å². The van der Waals surface area contributed by atoms with Gasteiger partial charge in [0, 0.05) is 25.2 Å². The van der Waals surface area contributed by atoms with E-state index in [0.717, 1.165) is 35.9 Å². The van der Waals surface area contributed by atoms with Gasteiger partial charge in [0.1, 0.15) is 0 Å². The summed E-state index contributed by atoms with van der Waals surface area (Å²) in [4.78, 5) is 15.1. The molecule has 1 unspecified atom stereocenters. The van der Waals surface area contributed by atoms with Crippen molar-refractivity contribution in [2.75, 3.05) is 6.54 Å². The number of benzene rings is 1. The first kappa shape index (κ1) is 19.9. The molecule has 2 aromatic rings. The summed E-state index contributed by atoms with van der Waals surface area (Å²) in [6.45, 7) is 6.92. The first-order valence-corrected chi connectivity index (χ1v) is 10.8. The highest BCUT2D eigenvalue weighted by atomic mass is 32.2. The van der Waals surface area contributed by atoms with Crippen LogP contribution in [0.3, 0.4) is 0 Å². The van der Waals surface area contributed by atoms with Crippen molar-refractivity contribution in [1.29, 1.82) is 0 Å². The minimum atomic E-state index is -0.166. The van der Waals surface area contributed by atoms with Gasteiger partial charge in [0.25, 0.3) is 0 Å². The van der Waals surface area contributed by atoms with Gasteiger partial charge in [-0.2, -0.15) is 0 Å². The Morgan fingerprint density at radius 2 is 1.89 bits per heavy atom. The van der Waals surface area contributed by atoms with Crippen LogP contribution in [0.15, 0.2) is 29.4 Å². The first-order valence-electron chi connectivity index (χ1n) is 9.94. The maximum atomic E-state index is 13.1. The minimum absolute atomic E-state index is 0.166. The zero-order valence-electron chi connectivity index (χ0n) is 16.8. The molecule has 1 heterocycles. The number of carbonyl (C=O) groups excluding carboxylic acids is 1. The van der Waals surface area contributed by atoms with Crippen LogP contribution in [0.2, 0.25) is 0 Å². The Balaban J connectivity index is 1.70. The van der Waals surface area contributed by atoms with Crippen molar-refractivity contribution in [2.24, 2.45) is 7.05 Å². The summed E-state index contributed by atoms with van der Waals surface area (Å²) >= 11 is 1.50. The van der Waals surface area contributed by atoms with Gasteiger partial charge in [-0.1, -0.05) is 60.9 Å². The predicted molar refractivity (Wildman–Crippen MR) is 111 cm³/mol. The van der Waals surface area contributed by atoms with Gasteiger partial charge in [0.2, 0.25) is 5.91 Å². The molecule has 0 spiro atoms. The van der Waals surface area contributed by atoms with Gasteiger partial charge < -0.3 is 9.47 Å². The van der Waals surface area contributed by atoms with E-state index in [4.69, 9.17) is 0 Å². The second kappa shape index (κ2) is 8.91. The second-order valence-electron chi connectivity index (χ2n) is 7.41. The molecule has 27 heavy (non-hydrogen) atoms. The fourth-order valence-electron chi connectivity index (χ4n) is 3.80. The van der Waals surface area contributed by atoms with Gasteiger partial charge in [-0.15, -0.1) is 10.2 Å². The summed E-state index contributed by atoms with van der Waals surface area (Å²) in [5.41, 5.74) is 2.26. The van der Waals surface area contributed by atoms with Crippen LogP contribution < -0.4 is 0 Å². The standard InChI is InChI=1S/C21H30N4OS/c1-5-25(18-9-7-6-8-10-18)20(26)16(3)27-21-23-22-19(24(21)4)17-13-11-15(2)12-14-17/h11-14,16,18H,5-10H2,1-4H3. The van der Waals surface area contributed by atoms with Crippen LogP contribution in [0.4, 0.5) is 0 Å². The molecule has 0 N–H and O–H groups in total. The number of rotatable bonds is 6. The summed E-state index contributed by atoms with van der Waals surface area (Å²) in [5.74, 6) is 1.05. The fourth-order valence-corrected chi connectivity index (χ4v) is 4.69. The molecular weight excluding hydrogens is 356 g/mol. The quantitative estimate of drug-likeness (QED) is 0.688. The minimum Gasteiger partial charge on any atom is -0.339 e. The third-order valence-electron chi connectivity index (χ3n) is 5.41. The van der Waals surface area contributed by atoms with Gasteiger partial charge in [0.05, 0.1) is 5.25 Å². The lowest BCUT2D eigenvalue weighted by atomic mass is 9.94. The Hall–Kier alpha value is -1.82. The van der Waals surface area contributed by atoms with Gasteiger partial charge in [-0.05, 0) is 33.6 Å². The Bertz CT molecular complexity index is 765. The summed E-state index contributed by atoms with van der Waals surface area (Å²) < 4.78 is 1.98. The molecule has 0 aliphatic heterocycles. The molecule has 1 aromatic heterocycles. The van der Waals surface area contributed by atoms with Crippen molar-refractivity contribution in [1.82, 2.24) is 19.7 Å². The molecule has 1 atom stereocenters. The van der Waals surface area contributed by atoms with E-state index in [1.54, 1.807) is 0 Å². The third-order valence-corrected chi connectivity index (χ3v) is 6.54. The average molecular weight is 387 g/mol. The molecular formula is C21H30N4OS. The first-order chi connectivity index (χ1) is 13.0. The van der Waals surface area contributed by atoms with Crippen molar-refractivity contribution in [2.45, 2.75) is 69.3 Å². The zero-order chi connectivity index (χ0) is 19.4. The highest BCUT2D eigenvalue weighted by molar-refractivity contribution is 8.00. The second-order valence-corrected chi connectivity index (χ2v) is 8.72. The molecule has 0 bridgehead atoms. The summed E-state index contributed by atoms with van der Waals surface area (Å²) in [7, 11) is 1.97. The van der Waals surface area contributed by atoms with E-state index in [-0.39, 0.29) is 11.2 Å². The lowest BCUT2D eigenvalue weighted by Crippen LogP contribution is -2.44. The smallest absolute Gasteiger partial charge is 0.236 e. The Morgan fingerprint density at radius 1 is 1.22 bits per heavy atom. The van der Waals surface area contributed by atoms with E-state index in [0.29, 0.717) is 6.04 Å². The van der Waals surface area contributed by atoms with Crippen molar-refractivity contribution in [3.05, 3.63) is 29.8 Å². The highest BCUT2D eigenvalue weighted by Crippen LogP contribution is 2.29. The Kier molecular flexibility index (Phi) is 6.58. The van der Waals surface area contributed by atoms with Crippen LogP contribution in [0.5, 0.6) is 0 Å². The molecule has 1 aliphatic rings. The normalized spacial score (nSPS) is 16.3. The SMILES string of the molecule is CCN(C(=O)C(C)Sc1nnc(-c2ccc(C)cc2)n1C)C1CCCCC1. The predicted octanol–water partition coefficient (Wildman–Crippen LogP) is 4.45. The van der Waals surface area contributed by atoms with Crippen LogP contribution in [0, 0.1) is 6.92 Å². The monoisotopic (exact) mass is 386 g/mol. The Morgan fingerprint density at radius 3 is 2.52 bits per heavy atom. The fraction of sp³-hybridized carbons (Fsp3) is 0.571. The number of hydrogen-bond donors (Lipinski definition) is 0. The van der Waals surface area contributed by atoms with Gasteiger partial charge in [-0.3, -0.25) is 4.79 Å². The van der Waals surface area contributed by atoms with Crippen molar-refractivity contribution < 1.29 is 4.79 Å². The molecule has 1 saturated carbocycles. The molecule has 1 fully saturated rings. The van der Waals surface area contributed by atoms with E-state index in [1.807, 2.05) is 18.5 Å². The molecule has 5 nitrogen and oxygen atoms in total. The van der Waals surface area contributed by atoms with E-state index in [9.17, 15) is 4.79 Å². The molecule has 1 aliphatic carbocycles. The topological polar surface area (TPSA) is 51.0 Å². The van der Waals surface area contributed by atoms with Crippen LogP contribution in [0.25, 0.3) is 11.4 Å². The van der Waals surface area contributed by atoms with E-state index in [1.165, 1.54) is 36.6 Å². The van der Waals surface area contributed by atoms with Crippen molar-refractivity contribution >= 4 is 17.7 Å². The van der Waals surface area contributed by atoms with E-state index in [2.05, 4.69) is 53.2 Å². The van der Waals surface area contributed by atoms with Crippen molar-refractivity contribution in [3.63, 3.8) is 0 Å². The molecule has 1 aromatic carbocycles. The molecule has 1 amide bonds. The number of amides is 1. The van der Waals surface area contributed by atoms with Crippen LogP contribution in [-0.4, -0.2) is 43.4 Å². The number of aryl methyl sites for hydroxylation is 1. The number of hydrogen-bond acceptors (Lipinski definition) is 4. The third kappa shape index (κ3) is 4.54. The molecule has 6 heteroatoms. The summed E-state index contributed by atoms with van der Waals surface area (Å²) in [5, 5.41) is 9.31. The Labute approximate surface area is 166 Å².